The molecule has 14 heteroatoms. The van der Waals surface area contributed by atoms with E-state index in [4.69, 9.17) is 25.6 Å². The molecule has 2 aromatic carbocycles. The quantitative estimate of drug-likeness (QED) is 0.287. The number of methoxy groups -OCH3 is 1. The summed E-state index contributed by atoms with van der Waals surface area (Å²) in [6.45, 7) is 4.73. The predicted molar refractivity (Wildman–Crippen MR) is 181 cm³/mol. The van der Waals surface area contributed by atoms with Gasteiger partial charge in [0.2, 0.25) is 5.88 Å². The fourth-order valence-electron chi connectivity index (χ4n) is 8.36. The van der Waals surface area contributed by atoms with Crippen molar-refractivity contribution in [3.8, 4) is 41.2 Å². The van der Waals surface area contributed by atoms with Crippen LogP contribution in [0.5, 0.6) is 17.6 Å². The molecule has 8 rings (SSSR count). The summed E-state index contributed by atoms with van der Waals surface area (Å²) < 4.78 is 49.6. The molecular formula is C36H37F2N7O5. The number of phenols is 1. The number of carbonyl (C=O) groups excluding carboxylic acids is 1. The van der Waals surface area contributed by atoms with Gasteiger partial charge in [-0.25, -0.2) is 18.6 Å². The maximum Gasteiger partial charge on any atom is 0.409 e. The number of piperazine rings is 1. The number of rotatable bonds is 6. The second-order valence-electron chi connectivity index (χ2n) is 13.6. The Morgan fingerprint density at radius 3 is 2.92 bits per heavy atom. The van der Waals surface area contributed by atoms with Gasteiger partial charge < -0.3 is 34.4 Å². The van der Waals surface area contributed by atoms with Gasteiger partial charge >= 0.3 is 12.1 Å². The summed E-state index contributed by atoms with van der Waals surface area (Å²) >= 11 is 0. The summed E-state index contributed by atoms with van der Waals surface area (Å²) in [7, 11) is 3.11. The monoisotopic (exact) mass is 685 g/mol. The van der Waals surface area contributed by atoms with Gasteiger partial charge in [-0.15, -0.1) is 6.42 Å². The normalized spacial score (nSPS) is 22.8. The minimum atomic E-state index is -0.805. The third-order valence-corrected chi connectivity index (χ3v) is 10.6. The van der Waals surface area contributed by atoms with E-state index in [0.717, 1.165) is 32.4 Å². The number of halogens is 2. The predicted octanol–water partition coefficient (Wildman–Crippen LogP) is 3.91. The largest absolute Gasteiger partial charge is 0.508 e. The number of ether oxygens (including phenoxy) is 3. The molecule has 3 fully saturated rings. The highest BCUT2D eigenvalue weighted by Crippen LogP contribution is 2.45. The molecule has 4 aliphatic rings. The lowest BCUT2D eigenvalue weighted by atomic mass is 9.90. The molecule has 4 aromatic rings. The number of pyridine rings is 1. The number of terminal acetylenes is 1. The molecule has 4 aliphatic heterocycles. The van der Waals surface area contributed by atoms with Crippen LogP contribution in [0.4, 0.5) is 19.4 Å². The first-order valence-corrected chi connectivity index (χ1v) is 16.8. The van der Waals surface area contributed by atoms with Crippen LogP contribution in [0.15, 0.2) is 24.3 Å². The molecule has 3 atom stereocenters. The maximum absolute atomic E-state index is 17.1. The van der Waals surface area contributed by atoms with Crippen molar-refractivity contribution in [1.82, 2.24) is 30.1 Å². The second-order valence-corrected chi connectivity index (χ2v) is 13.6. The smallest absolute Gasteiger partial charge is 0.409 e. The van der Waals surface area contributed by atoms with Gasteiger partial charge in [0.1, 0.15) is 47.2 Å². The minimum Gasteiger partial charge on any atom is -0.508 e. The molecule has 50 heavy (non-hydrogen) atoms. The van der Waals surface area contributed by atoms with Crippen molar-refractivity contribution in [3.63, 3.8) is 0 Å². The fraction of sp³-hybridized carbons (Fsp3) is 0.444. The molecule has 6 heterocycles. The number of fused-ring (bicyclic) bond motifs is 4. The Hall–Kier alpha value is -5.00. The van der Waals surface area contributed by atoms with Crippen LogP contribution in [-0.4, -0.2) is 114 Å². The zero-order valence-electron chi connectivity index (χ0n) is 27.8. The number of aromatic hydroxyl groups is 1. The van der Waals surface area contributed by atoms with E-state index in [1.165, 1.54) is 31.4 Å². The first kappa shape index (κ1) is 32.2. The van der Waals surface area contributed by atoms with Gasteiger partial charge in [-0.3, -0.25) is 4.90 Å². The van der Waals surface area contributed by atoms with Crippen LogP contribution in [0.1, 0.15) is 24.8 Å². The molecular weight excluding hydrogens is 648 g/mol. The Morgan fingerprint density at radius 2 is 2.10 bits per heavy atom. The average molecular weight is 686 g/mol. The molecule has 2 aromatic heterocycles. The van der Waals surface area contributed by atoms with Gasteiger partial charge in [0, 0.05) is 50.7 Å². The SMILES string of the molecule is C#Cc1c(F)ccc2cc(O)cc(-c3nc4c5c(nc(OCC67CCCN6CC(CN(C)C(=O)OC)C7)nc5c3F)N3CCNCC3CO4)c12. The Morgan fingerprint density at radius 1 is 1.24 bits per heavy atom. The average Bonchev–Trinajstić information content (AvgIpc) is 3.61. The van der Waals surface area contributed by atoms with Crippen molar-refractivity contribution >= 4 is 33.6 Å². The number of aromatic nitrogens is 3. The number of carbonyl (C=O) groups is 1. The Balaban J connectivity index is 1.23. The Bertz CT molecular complexity index is 2080. The number of nitrogens with zero attached hydrogens (tertiary/aromatic N) is 6. The molecule has 1 amide bonds. The minimum absolute atomic E-state index is 0.0150. The van der Waals surface area contributed by atoms with Crippen LogP contribution >= 0.6 is 0 Å². The zero-order valence-corrected chi connectivity index (χ0v) is 27.8. The molecule has 2 N–H and O–H groups in total. The lowest BCUT2D eigenvalue weighted by Gasteiger charge is -2.35. The molecule has 0 aliphatic carbocycles. The molecule has 0 spiro atoms. The summed E-state index contributed by atoms with van der Waals surface area (Å²) in [6.07, 6.45) is 8.09. The van der Waals surface area contributed by atoms with Crippen molar-refractivity contribution in [3.05, 3.63) is 41.5 Å². The number of hydrogen-bond acceptors (Lipinski definition) is 11. The summed E-state index contributed by atoms with van der Waals surface area (Å²) in [5, 5.41) is 15.0. The molecule has 260 valence electrons. The first-order chi connectivity index (χ1) is 24.2. The number of hydrogen-bond donors (Lipinski definition) is 2. The van der Waals surface area contributed by atoms with E-state index in [0.29, 0.717) is 42.8 Å². The van der Waals surface area contributed by atoms with Crippen LogP contribution in [0.2, 0.25) is 0 Å². The number of amides is 1. The number of anilines is 1. The first-order valence-electron chi connectivity index (χ1n) is 16.8. The lowest BCUT2D eigenvalue weighted by molar-refractivity contribution is 0.107. The number of benzene rings is 2. The van der Waals surface area contributed by atoms with E-state index >= 15 is 4.39 Å². The van der Waals surface area contributed by atoms with E-state index < -0.39 is 11.6 Å². The zero-order chi connectivity index (χ0) is 34.7. The van der Waals surface area contributed by atoms with Crippen LogP contribution in [0.25, 0.3) is 32.9 Å². The van der Waals surface area contributed by atoms with Crippen LogP contribution in [0, 0.1) is 29.9 Å². The number of phenolic OH excluding ortho intramolecular Hbond substituents is 1. The fourth-order valence-corrected chi connectivity index (χ4v) is 8.36. The lowest BCUT2D eigenvalue weighted by Crippen LogP contribution is -2.53. The van der Waals surface area contributed by atoms with Gasteiger partial charge in [0.05, 0.1) is 24.3 Å². The third kappa shape index (κ3) is 5.27. The summed E-state index contributed by atoms with van der Waals surface area (Å²) in [4.78, 5) is 32.3. The van der Waals surface area contributed by atoms with Gasteiger partial charge in [0.15, 0.2) is 5.82 Å². The Labute approximate surface area is 287 Å². The van der Waals surface area contributed by atoms with Crippen molar-refractivity contribution in [2.45, 2.75) is 30.8 Å². The van der Waals surface area contributed by atoms with Gasteiger partial charge in [0.25, 0.3) is 0 Å². The molecule has 3 saturated heterocycles. The van der Waals surface area contributed by atoms with Crippen LogP contribution < -0.4 is 19.7 Å². The second kappa shape index (κ2) is 12.4. The summed E-state index contributed by atoms with van der Waals surface area (Å²) in [5.41, 5.74) is -0.512. The summed E-state index contributed by atoms with van der Waals surface area (Å²) in [6, 6.07) is 5.34. The van der Waals surface area contributed by atoms with Crippen LogP contribution in [0.3, 0.4) is 0 Å². The van der Waals surface area contributed by atoms with Gasteiger partial charge in [-0.05, 0) is 55.3 Å². The van der Waals surface area contributed by atoms with Crippen LogP contribution in [-0.2, 0) is 4.74 Å². The molecule has 0 saturated carbocycles. The summed E-state index contributed by atoms with van der Waals surface area (Å²) in [5.74, 6) is 1.57. The molecule has 3 unspecified atom stereocenters. The van der Waals surface area contributed by atoms with E-state index in [9.17, 15) is 14.3 Å². The van der Waals surface area contributed by atoms with E-state index in [2.05, 4.69) is 31.0 Å². The van der Waals surface area contributed by atoms with Crippen molar-refractivity contribution in [2.75, 3.05) is 71.5 Å². The third-order valence-electron chi connectivity index (χ3n) is 10.6. The highest BCUT2D eigenvalue weighted by atomic mass is 19.1. The topological polar surface area (TPSA) is 125 Å². The molecule has 0 bridgehead atoms. The van der Waals surface area contributed by atoms with E-state index in [1.807, 2.05) is 0 Å². The van der Waals surface area contributed by atoms with Crippen molar-refractivity contribution in [2.24, 2.45) is 5.92 Å². The molecule has 12 nitrogen and oxygen atoms in total. The Kier molecular flexibility index (Phi) is 7.99. The standard InChI is InChI=1S/C36H37F2N7O5/c1-4-24-26(37)7-6-21-12-23(46)13-25(27(21)24)30-29(38)31-28-32(45-11-9-39-15-22(45)18-49-33(28)40-30)42-34(41-31)50-19-36-8-5-10-44(36)17-20(14-36)16-43(2)35(47)48-3/h1,6-7,12-13,20,22,39,46H,5,8-11,14-19H2,2-3H3. The van der Waals surface area contributed by atoms with Crippen molar-refractivity contribution < 1.29 is 32.9 Å². The van der Waals surface area contributed by atoms with Gasteiger partial charge in [-0.2, -0.15) is 9.97 Å². The van der Waals surface area contributed by atoms with Crippen molar-refractivity contribution in [1.29, 1.82) is 0 Å². The van der Waals surface area contributed by atoms with Gasteiger partial charge in [-0.1, -0.05) is 12.0 Å². The maximum atomic E-state index is 17.1. The number of nitrogens with one attached hydrogen (secondary N) is 1. The highest BCUT2D eigenvalue weighted by molar-refractivity contribution is 6.04. The van der Waals surface area contributed by atoms with E-state index in [-0.39, 0.29) is 82.2 Å². The van der Waals surface area contributed by atoms with E-state index in [1.54, 1.807) is 11.9 Å². The molecule has 0 radical (unpaired) electrons. The highest BCUT2D eigenvalue weighted by Gasteiger charge is 2.49.